The normalized spacial score (nSPS) is 19.8. The standard InChI is InChI=1S/C15H26N5/c1-3-10-20-14(5-1)13-15(18-20)17-6-2-4-9-19-11-7-16-8-12-19/h13,16H,1-12H2/q-1. The lowest BCUT2D eigenvalue weighted by atomic mass is 10.1. The molecule has 112 valence electrons. The smallest absolute Gasteiger partial charge is 0.0211 e. The van der Waals surface area contributed by atoms with E-state index in [9.17, 15) is 0 Å². The van der Waals surface area contributed by atoms with Crippen LogP contribution in [0.5, 0.6) is 0 Å². The lowest BCUT2D eigenvalue weighted by Gasteiger charge is -2.27. The Morgan fingerprint density at radius 2 is 2.05 bits per heavy atom. The number of rotatable bonds is 6. The summed E-state index contributed by atoms with van der Waals surface area (Å²) < 4.78 is 2.14. The molecule has 1 aromatic heterocycles. The van der Waals surface area contributed by atoms with Crippen molar-refractivity contribution < 1.29 is 0 Å². The fourth-order valence-corrected chi connectivity index (χ4v) is 3.06. The molecule has 1 saturated heterocycles. The Balaban J connectivity index is 1.32. The molecule has 0 aliphatic carbocycles. The molecular formula is C15H26N5-. The Kier molecular flexibility index (Phi) is 4.92. The molecule has 1 fully saturated rings. The van der Waals surface area contributed by atoms with Crippen molar-refractivity contribution in [2.75, 3.05) is 39.3 Å². The number of aryl methyl sites for hydroxylation is 2. The molecule has 1 aromatic rings. The van der Waals surface area contributed by atoms with Crippen LogP contribution in [-0.4, -0.2) is 53.9 Å². The van der Waals surface area contributed by atoms with Gasteiger partial charge in [0.1, 0.15) is 0 Å². The molecule has 0 bridgehead atoms. The zero-order valence-corrected chi connectivity index (χ0v) is 12.4. The summed E-state index contributed by atoms with van der Waals surface area (Å²) in [6.07, 6.45) is 6.16. The van der Waals surface area contributed by atoms with Gasteiger partial charge in [-0.2, -0.15) is 0 Å². The molecule has 0 radical (unpaired) electrons. The number of hydrogen-bond donors (Lipinski definition) is 1. The molecule has 3 rings (SSSR count). The highest BCUT2D eigenvalue weighted by Crippen LogP contribution is 2.22. The fourth-order valence-electron chi connectivity index (χ4n) is 3.06. The second-order valence-corrected chi connectivity index (χ2v) is 5.85. The van der Waals surface area contributed by atoms with Crippen LogP contribution in [0.25, 0.3) is 5.32 Å². The summed E-state index contributed by atoms with van der Waals surface area (Å²) in [7, 11) is 0. The molecule has 5 heteroatoms. The Hall–Kier alpha value is -1.07. The van der Waals surface area contributed by atoms with E-state index in [4.69, 9.17) is 0 Å². The first-order chi connectivity index (χ1) is 9.92. The molecular weight excluding hydrogens is 250 g/mol. The Morgan fingerprint density at radius 3 is 2.90 bits per heavy atom. The van der Waals surface area contributed by atoms with Crippen LogP contribution < -0.4 is 5.32 Å². The summed E-state index contributed by atoms with van der Waals surface area (Å²) in [5, 5.41) is 12.6. The van der Waals surface area contributed by atoms with Crippen molar-refractivity contribution in [2.45, 2.75) is 38.6 Å². The van der Waals surface area contributed by atoms with Crippen molar-refractivity contribution in [1.82, 2.24) is 20.0 Å². The predicted octanol–water partition coefficient (Wildman–Crippen LogP) is 1.91. The maximum Gasteiger partial charge on any atom is 0.0211 e. The van der Waals surface area contributed by atoms with Crippen LogP contribution in [0.3, 0.4) is 0 Å². The van der Waals surface area contributed by atoms with E-state index in [1.165, 1.54) is 57.4 Å². The molecule has 0 aromatic carbocycles. The summed E-state index contributed by atoms with van der Waals surface area (Å²) in [4.78, 5) is 2.55. The highest BCUT2D eigenvalue weighted by molar-refractivity contribution is 5.41. The predicted molar refractivity (Wildman–Crippen MR) is 81.6 cm³/mol. The van der Waals surface area contributed by atoms with Gasteiger partial charge in [0.2, 0.25) is 0 Å². The maximum atomic E-state index is 4.63. The number of hydrogen-bond acceptors (Lipinski definition) is 3. The van der Waals surface area contributed by atoms with Crippen molar-refractivity contribution in [2.24, 2.45) is 0 Å². The van der Waals surface area contributed by atoms with Gasteiger partial charge in [-0.05, 0) is 44.1 Å². The van der Waals surface area contributed by atoms with Gasteiger partial charge in [-0.25, -0.2) is 0 Å². The van der Waals surface area contributed by atoms with Crippen LogP contribution in [0.1, 0.15) is 31.4 Å². The van der Waals surface area contributed by atoms with Crippen LogP contribution in [0.4, 0.5) is 5.82 Å². The average molecular weight is 276 g/mol. The number of nitrogens with zero attached hydrogens (tertiary/aromatic N) is 4. The minimum absolute atomic E-state index is 0.919. The van der Waals surface area contributed by atoms with Gasteiger partial charge in [0.05, 0.1) is 0 Å². The zero-order valence-electron chi connectivity index (χ0n) is 12.4. The van der Waals surface area contributed by atoms with Gasteiger partial charge < -0.3 is 25.3 Å². The monoisotopic (exact) mass is 276 g/mol. The molecule has 0 saturated carbocycles. The molecule has 0 amide bonds. The third-order valence-electron chi connectivity index (χ3n) is 4.27. The van der Waals surface area contributed by atoms with E-state index in [0.717, 1.165) is 32.0 Å². The van der Waals surface area contributed by atoms with Crippen LogP contribution in [0.2, 0.25) is 0 Å². The number of unbranched alkanes of at least 4 members (excludes halogenated alkanes) is 1. The first-order valence-electron chi connectivity index (χ1n) is 8.09. The van der Waals surface area contributed by atoms with Gasteiger partial charge >= 0.3 is 0 Å². The highest BCUT2D eigenvalue weighted by Gasteiger charge is 2.08. The van der Waals surface area contributed by atoms with Crippen LogP contribution in [-0.2, 0) is 13.0 Å². The van der Waals surface area contributed by atoms with Crippen molar-refractivity contribution >= 4 is 5.82 Å². The zero-order chi connectivity index (χ0) is 13.6. The van der Waals surface area contributed by atoms with Crippen molar-refractivity contribution in [3.8, 4) is 0 Å². The molecule has 1 N–H and O–H groups in total. The lowest BCUT2D eigenvalue weighted by molar-refractivity contribution is 0.237. The highest BCUT2D eigenvalue weighted by atomic mass is 15.3. The average Bonchev–Trinajstić information content (AvgIpc) is 2.90. The minimum Gasteiger partial charge on any atom is -0.464 e. The van der Waals surface area contributed by atoms with E-state index in [1.807, 2.05) is 0 Å². The molecule has 0 unspecified atom stereocenters. The van der Waals surface area contributed by atoms with Gasteiger partial charge in [-0.15, -0.1) is 0 Å². The topological polar surface area (TPSA) is 47.2 Å². The Labute approximate surface area is 121 Å². The molecule has 2 aliphatic heterocycles. The molecule has 3 heterocycles. The second-order valence-electron chi connectivity index (χ2n) is 5.85. The Morgan fingerprint density at radius 1 is 1.15 bits per heavy atom. The lowest BCUT2D eigenvalue weighted by Crippen LogP contribution is -2.43. The Bertz CT molecular complexity index is 385. The van der Waals surface area contributed by atoms with E-state index in [2.05, 4.69) is 31.4 Å². The van der Waals surface area contributed by atoms with Gasteiger partial charge in [-0.1, -0.05) is 13.0 Å². The first kappa shape index (κ1) is 13.9. The number of aromatic nitrogens is 2. The molecule has 2 aliphatic rings. The molecule has 0 spiro atoms. The SMILES string of the molecule is c1c([N-]CCCCN2CCNCC2)nn2c1CCCC2. The van der Waals surface area contributed by atoms with Gasteiger partial charge in [0.15, 0.2) is 0 Å². The van der Waals surface area contributed by atoms with E-state index in [1.54, 1.807) is 0 Å². The third-order valence-corrected chi connectivity index (χ3v) is 4.27. The molecule has 20 heavy (non-hydrogen) atoms. The van der Waals surface area contributed by atoms with Crippen LogP contribution >= 0.6 is 0 Å². The first-order valence-corrected chi connectivity index (χ1v) is 8.09. The number of fused-ring (bicyclic) bond motifs is 1. The van der Waals surface area contributed by atoms with Gasteiger partial charge in [-0.3, -0.25) is 0 Å². The second kappa shape index (κ2) is 7.09. The number of piperazine rings is 1. The maximum absolute atomic E-state index is 4.63. The molecule has 0 atom stereocenters. The van der Waals surface area contributed by atoms with Crippen molar-refractivity contribution in [3.05, 3.63) is 17.1 Å². The third kappa shape index (κ3) is 3.73. The summed E-state index contributed by atoms with van der Waals surface area (Å²) in [5.41, 5.74) is 1.37. The largest absolute Gasteiger partial charge is 0.464 e. The van der Waals surface area contributed by atoms with Gasteiger partial charge in [0, 0.05) is 38.4 Å². The van der Waals surface area contributed by atoms with E-state index in [0.29, 0.717) is 0 Å². The number of nitrogens with one attached hydrogen (secondary N) is 1. The van der Waals surface area contributed by atoms with Crippen molar-refractivity contribution in [1.29, 1.82) is 0 Å². The quantitative estimate of drug-likeness (QED) is 0.807. The van der Waals surface area contributed by atoms with E-state index < -0.39 is 0 Å². The van der Waals surface area contributed by atoms with E-state index in [-0.39, 0.29) is 0 Å². The summed E-state index contributed by atoms with van der Waals surface area (Å²) in [6, 6.07) is 2.18. The summed E-state index contributed by atoms with van der Waals surface area (Å²) in [5.74, 6) is 0.948. The van der Waals surface area contributed by atoms with Crippen LogP contribution in [0.15, 0.2) is 6.07 Å². The minimum atomic E-state index is 0.919. The summed E-state index contributed by atoms with van der Waals surface area (Å²) >= 11 is 0. The van der Waals surface area contributed by atoms with Crippen LogP contribution in [0, 0.1) is 0 Å². The fraction of sp³-hybridized carbons (Fsp3) is 0.800. The van der Waals surface area contributed by atoms with Crippen molar-refractivity contribution in [3.63, 3.8) is 0 Å². The molecule has 5 nitrogen and oxygen atoms in total. The summed E-state index contributed by atoms with van der Waals surface area (Å²) in [6.45, 7) is 7.90. The van der Waals surface area contributed by atoms with E-state index >= 15 is 0 Å². The van der Waals surface area contributed by atoms with Gasteiger partial charge in [0.25, 0.3) is 0 Å².